The maximum atomic E-state index is 14.1. The number of anilines is 2. The van der Waals surface area contributed by atoms with Crippen LogP contribution in [0, 0.1) is 18.7 Å². The summed E-state index contributed by atoms with van der Waals surface area (Å²) in [5, 5.41) is 0. The van der Waals surface area contributed by atoms with Crippen molar-refractivity contribution < 1.29 is 22.3 Å². The number of hydrogen-bond donors (Lipinski definition) is 0. The van der Waals surface area contributed by atoms with Gasteiger partial charge in [0.15, 0.2) is 9.84 Å². The normalized spacial score (nSPS) is 16.6. The maximum Gasteiger partial charge on any atom is 0.257 e. The third kappa shape index (κ3) is 6.07. The molecule has 1 aromatic carbocycles. The number of hydrogen-bond acceptors (Lipinski definition) is 8. The second kappa shape index (κ2) is 10.9. The zero-order chi connectivity index (χ0) is 25.9. The van der Waals surface area contributed by atoms with E-state index < -0.39 is 15.7 Å². The second-order valence-electron chi connectivity index (χ2n) is 9.23. The SMILES string of the molecule is COCCN(C)C(=O)c1cnc(N2CCN(c3ccc(F)c(S(C)(=O)=O)c3)C[C@H]2C(C)C)nc1C. The highest BCUT2D eigenvalue weighted by Crippen LogP contribution is 2.28. The van der Waals surface area contributed by atoms with Crippen LogP contribution in [-0.4, -0.2) is 88.4 Å². The van der Waals surface area contributed by atoms with Crippen molar-refractivity contribution in [2.45, 2.75) is 31.7 Å². The van der Waals surface area contributed by atoms with Crippen LogP contribution >= 0.6 is 0 Å². The molecule has 0 aliphatic carbocycles. The molecular formula is C24H34FN5O4S. The van der Waals surface area contributed by atoms with Gasteiger partial charge < -0.3 is 19.4 Å². The van der Waals surface area contributed by atoms with Gasteiger partial charge in [-0.25, -0.2) is 22.8 Å². The lowest BCUT2D eigenvalue weighted by Gasteiger charge is -2.44. The summed E-state index contributed by atoms with van der Waals surface area (Å²) >= 11 is 0. The smallest absolute Gasteiger partial charge is 0.257 e. The van der Waals surface area contributed by atoms with Crippen LogP contribution < -0.4 is 9.80 Å². The van der Waals surface area contributed by atoms with Crippen molar-refractivity contribution in [2.75, 3.05) is 63.0 Å². The molecule has 1 aliphatic rings. The van der Waals surface area contributed by atoms with Crippen LogP contribution in [0.5, 0.6) is 0 Å². The average Bonchev–Trinajstić information content (AvgIpc) is 2.81. The summed E-state index contributed by atoms with van der Waals surface area (Å²) in [4.78, 5) is 27.4. The monoisotopic (exact) mass is 507 g/mol. The lowest BCUT2D eigenvalue weighted by molar-refractivity contribution is 0.0742. The summed E-state index contributed by atoms with van der Waals surface area (Å²) in [6.07, 6.45) is 2.58. The van der Waals surface area contributed by atoms with Gasteiger partial charge in [-0.3, -0.25) is 4.79 Å². The lowest BCUT2D eigenvalue weighted by Crippen LogP contribution is -2.56. The Morgan fingerprint density at radius 2 is 2.03 bits per heavy atom. The van der Waals surface area contributed by atoms with Crippen LogP contribution in [0.1, 0.15) is 29.9 Å². The van der Waals surface area contributed by atoms with E-state index >= 15 is 0 Å². The highest BCUT2D eigenvalue weighted by atomic mass is 32.2. The van der Waals surface area contributed by atoms with Crippen LogP contribution in [0.2, 0.25) is 0 Å². The Hall–Kier alpha value is -2.79. The first-order valence-corrected chi connectivity index (χ1v) is 13.4. The molecule has 0 unspecified atom stereocenters. The Labute approximate surface area is 206 Å². The number of carbonyl (C=O) groups is 1. The van der Waals surface area contributed by atoms with Gasteiger partial charge in [-0.1, -0.05) is 13.8 Å². The van der Waals surface area contributed by atoms with E-state index in [-0.39, 0.29) is 22.8 Å². The van der Waals surface area contributed by atoms with E-state index in [2.05, 4.69) is 33.6 Å². The number of ether oxygens (including phenoxy) is 1. The molecule has 2 heterocycles. The molecule has 1 aromatic heterocycles. The molecule has 1 saturated heterocycles. The quantitative estimate of drug-likeness (QED) is 0.538. The van der Waals surface area contributed by atoms with Crippen molar-refractivity contribution in [3.8, 4) is 0 Å². The van der Waals surface area contributed by atoms with Crippen LogP contribution in [0.4, 0.5) is 16.0 Å². The number of likely N-dealkylation sites (N-methyl/N-ethyl adjacent to an activating group) is 1. The molecule has 1 fully saturated rings. The summed E-state index contributed by atoms with van der Waals surface area (Å²) < 4.78 is 43.1. The van der Waals surface area contributed by atoms with Crippen molar-refractivity contribution in [3.63, 3.8) is 0 Å². The highest BCUT2D eigenvalue weighted by molar-refractivity contribution is 7.90. The van der Waals surface area contributed by atoms with Gasteiger partial charge in [-0.2, -0.15) is 0 Å². The van der Waals surface area contributed by atoms with Gasteiger partial charge in [-0.05, 0) is 31.0 Å². The van der Waals surface area contributed by atoms with E-state index in [4.69, 9.17) is 4.74 Å². The Morgan fingerprint density at radius 3 is 2.63 bits per heavy atom. The van der Waals surface area contributed by atoms with Gasteiger partial charge in [0.25, 0.3) is 5.91 Å². The number of sulfone groups is 1. The molecular weight excluding hydrogens is 473 g/mol. The third-order valence-corrected chi connectivity index (χ3v) is 7.41. The first-order valence-electron chi connectivity index (χ1n) is 11.5. The number of rotatable bonds is 8. The minimum atomic E-state index is -3.68. The molecule has 192 valence electrons. The zero-order valence-electron chi connectivity index (χ0n) is 21.2. The minimum Gasteiger partial charge on any atom is -0.383 e. The molecule has 2 aromatic rings. The topological polar surface area (TPSA) is 95.9 Å². The van der Waals surface area contributed by atoms with Crippen molar-refractivity contribution in [1.82, 2.24) is 14.9 Å². The first-order chi connectivity index (χ1) is 16.4. The van der Waals surface area contributed by atoms with Crippen molar-refractivity contribution >= 4 is 27.4 Å². The fourth-order valence-corrected chi connectivity index (χ4v) is 4.93. The van der Waals surface area contributed by atoms with Gasteiger partial charge in [0.2, 0.25) is 5.95 Å². The predicted molar refractivity (Wildman–Crippen MR) is 133 cm³/mol. The Balaban J connectivity index is 1.83. The maximum absolute atomic E-state index is 14.1. The van der Waals surface area contributed by atoms with E-state index in [1.54, 1.807) is 38.2 Å². The van der Waals surface area contributed by atoms with Crippen molar-refractivity contribution in [1.29, 1.82) is 0 Å². The van der Waals surface area contributed by atoms with Crippen molar-refractivity contribution in [3.05, 3.63) is 41.5 Å². The predicted octanol–water partition coefficient (Wildman–Crippen LogP) is 2.40. The van der Waals surface area contributed by atoms with Gasteiger partial charge in [-0.15, -0.1) is 0 Å². The number of nitrogens with zero attached hydrogens (tertiary/aromatic N) is 5. The number of carbonyl (C=O) groups excluding carboxylic acids is 1. The molecule has 1 aliphatic heterocycles. The number of amides is 1. The zero-order valence-corrected chi connectivity index (χ0v) is 22.0. The summed E-state index contributed by atoms with van der Waals surface area (Å²) in [7, 11) is -0.370. The van der Waals surface area contributed by atoms with Gasteiger partial charge in [0.05, 0.1) is 23.9 Å². The van der Waals surface area contributed by atoms with Gasteiger partial charge in [0, 0.05) is 58.5 Å². The molecule has 9 nitrogen and oxygen atoms in total. The molecule has 11 heteroatoms. The fraction of sp³-hybridized carbons (Fsp3) is 0.542. The number of aromatic nitrogens is 2. The Bertz CT molecular complexity index is 1170. The Morgan fingerprint density at radius 1 is 1.31 bits per heavy atom. The molecule has 0 spiro atoms. The largest absolute Gasteiger partial charge is 0.383 e. The third-order valence-electron chi connectivity index (χ3n) is 6.30. The van der Waals surface area contributed by atoms with Crippen molar-refractivity contribution in [2.24, 2.45) is 5.92 Å². The molecule has 0 saturated carbocycles. The van der Waals surface area contributed by atoms with E-state index in [0.717, 1.165) is 6.26 Å². The lowest BCUT2D eigenvalue weighted by atomic mass is 9.99. The van der Waals surface area contributed by atoms with E-state index in [0.29, 0.717) is 55.7 Å². The molecule has 35 heavy (non-hydrogen) atoms. The van der Waals surface area contributed by atoms with Gasteiger partial charge >= 0.3 is 0 Å². The average molecular weight is 508 g/mol. The first kappa shape index (κ1) is 26.8. The number of piperazine rings is 1. The molecule has 1 amide bonds. The fourth-order valence-electron chi connectivity index (χ4n) is 4.17. The number of methoxy groups -OCH3 is 1. The minimum absolute atomic E-state index is 0.0285. The molecule has 1 atom stereocenters. The molecule has 0 N–H and O–H groups in total. The molecule has 0 radical (unpaired) electrons. The standard InChI is InChI=1S/C24H34FN5O4S/c1-16(2)21-15-29(18-7-8-20(25)22(13-18)35(6,32)33)9-10-30(21)24-26-14-19(17(3)27-24)23(31)28(4)11-12-34-5/h7-8,13-14,16,21H,9-12,15H2,1-6H3/t21-/m0/s1. The summed E-state index contributed by atoms with van der Waals surface area (Å²) in [6.45, 7) is 8.69. The number of aryl methyl sites for hydroxylation is 1. The van der Waals surface area contributed by atoms with Crippen LogP contribution in [0.3, 0.4) is 0 Å². The van der Waals surface area contributed by atoms with E-state index in [1.165, 1.54) is 12.1 Å². The summed E-state index contributed by atoms with van der Waals surface area (Å²) in [5.74, 6) is -0.123. The second-order valence-corrected chi connectivity index (χ2v) is 11.2. The summed E-state index contributed by atoms with van der Waals surface area (Å²) in [6, 6.07) is 4.24. The van der Waals surface area contributed by atoms with Crippen LogP contribution in [0.15, 0.2) is 29.3 Å². The Kier molecular flexibility index (Phi) is 8.32. The van der Waals surface area contributed by atoms with Gasteiger partial charge in [0.1, 0.15) is 10.7 Å². The summed E-state index contributed by atoms with van der Waals surface area (Å²) in [5.41, 5.74) is 1.71. The number of benzene rings is 1. The molecule has 0 bridgehead atoms. The highest BCUT2D eigenvalue weighted by Gasteiger charge is 2.32. The van der Waals surface area contributed by atoms with E-state index in [1.807, 2.05) is 0 Å². The molecule has 3 rings (SSSR count). The van der Waals surface area contributed by atoms with Crippen LogP contribution in [0.25, 0.3) is 0 Å². The number of halogens is 1. The van der Waals surface area contributed by atoms with Crippen LogP contribution in [-0.2, 0) is 14.6 Å². The van der Waals surface area contributed by atoms with E-state index in [9.17, 15) is 17.6 Å².